The summed E-state index contributed by atoms with van der Waals surface area (Å²) < 4.78 is 145. The van der Waals surface area contributed by atoms with Crippen LogP contribution in [0.1, 0.15) is 27.7 Å². The average Bonchev–Trinajstić information content (AvgIpc) is 2.84. The fourth-order valence-electron chi connectivity index (χ4n) is 3.58. The zero-order valence-corrected chi connectivity index (χ0v) is 24.9. The third-order valence-corrected chi connectivity index (χ3v) is 8.97. The first-order valence-corrected chi connectivity index (χ1v) is 15.7. The minimum Gasteiger partial charge on any atom is -0.484 e. The van der Waals surface area contributed by atoms with Gasteiger partial charge in [0.25, 0.3) is 15.9 Å². The highest BCUT2D eigenvalue weighted by molar-refractivity contribution is 8.45. The summed E-state index contributed by atoms with van der Waals surface area (Å²) >= 11 is 0. The zero-order valence-electron chi connectivity index (χ0n) is 23.2. The fourth-order valence-corrected chi connectivity index (χ4v) is 5.89. The van der Waals surface area contributed by atoms with Crippen molar-refractivity contribution in [2.45, 2.75) is 61.0 Å². The molecule has 1 atom stereocenters. The lowest BCUT2D eigenvalue weighted by molar-refractivity contribution is -0.242. The van der Waals surface area contributed by atoms with E-state index in [0.29, 0.717) is 30.3 Å². The number of nitrogens with one attached hydrogen (secondary N) is 2. The van der Waals surface area contributed by atoms with Gasteiger partial charge < -0.3 is 19.9 Å². The maximum atomic E-state index is 13.6. The molecule has 3 rings (SSSR count). The number of carbonyl (C=O) groups is 2. The van der Waals surface area contributed by atoms with E-state index in [2.05, 4.69) is 10.1 Å². The zero-order chi connectivity index (χ0) is 33.8. The van der Waals surface area contributed by atoms with Crippen molar-refractivity contribution in [3.63, 3.8) is 0 Å². The van der Waals surface area contributed by atoms with Crippen LogP contribution < -0.4 is 19.7 Å². The van der Waals surface area contributed by atoms with Crippen molar-refractivity contribution in [1.82, 2.24) is 5.32 Å². The van der Waals surface area contributed by atoms with Gasteiger partial charge in [0.1, 0.15) is 22.4 Å². The molecule has 0 bridgehead atoms. The highest BCUT2D eigenvalue weighted by atomic mass is 32.5. The second kappa shape index (κ2) is 10.3. The molecule has 3 N–H and O–H groups in total. The number of halogens is 8. The first kappa shape index (κ1) is 35.0. The number of sulfonamides is 1. The van der Waals surface area contributed by atoms with E-state index in [4.69, 9.17) is 4.74 Å². The van der Waals surface area contributed by atoms with Crippen molar-refractivity contribution < 1.29 is 65.2 Å². The van der Waals surface area contributed by atoms with E-state index in [0.717, 1.165) is 32.0 Å². The Bertz CT molecular complexity index is 1580. The molecule has 10 nitrogen and oxygen atoms in total. The summed E-state index contributed by atoms with van der Waals surface area (Å²) in [5.74, 6) is -1.19. The number of amides is 2. The highest BCUT2D eigenvalue weighted by Crippen LogP contribution is 3.02. The van der Waals surface area contributed by atoms with Crippen LogP contribution in [-0.4, -0.2) is 62.1 Å². The van der Waals surface area contributed by atoms with Gasteiger partial charge >= 0.3 is 22.5 Å². The Hall–Kier alpha value is -3.52. The molecule has 2 aromatic rings. The van der Waals surface area contributed by atoms with Crippen molar-refractivity contribution in [3.05, 3.63) is 42.5 Å². The first-order chi connectivity index (χ1) is 19.5. The van der Waals surface area contributed by atoms with Gasteiger partial charge in [-0.15, -0.1) is 0 Å². The number of fused-ring (bicyclic) bond motifs is 1. The number of carbonyl (C=O) groups excluding carboxylic acids is 2. The number of hydrogen-bond donors (Lipinski definition) is 3. The summed E-state index contributed by atoms with van der Waals surface area (Å²) in [6.45, 7) is 2.25. The number of alkyl halides is 3. The maximum Gasteiger partial charge on any atom is 0.427 e. The largest absolute Gasteiger partial charge is 0.484 e. The van der Waals surface area contributed by atoms with E-state index < -0.39 is 84.3 Å². The Kier molecular flexibility index (Phi) is 8.15. The van der Waals surface area contributed by atoms with Crippen LogP contribution in [0.25, 0.3) is 0 Å². The van der Waals surface area contributed by atoms with Crippen molar-refractivity contribution in [2.75, 3.05) is 22.7 Å². The standard InChI is InChI=1S/C24H27F8N3O7S2/c1-22(2,38)20(36)33-12-15-13-35(43(39,40)16-6-5-7-17(11-16)44(28,29,30,31)32)18-10-14(8-9-19(18)41-15)34-21(37)42-23(3,4)24(25,26)27/h5-11,15,38H,12-13H2,1-4H3,(H,33,36)(H,34,37). The van der Waals surface area contributed by atoms with Gasteiger partial charge in [-0.05, 0) is 64.1 Å². The first-order valence-electron chi connectivity index (χ1n) is 12.3. The van der Waals surface area contributed by atoms with Gasteiger partial charge in [-0.25, -0.2) is 13.2 Å². The lowest BCUT2D eigenvalue weighted by Gasteiger charge is -2.41. The van der Waals surface area contributed by atoms with Crippen LogP contribution in [0, 0.1) is 0 Å². The summed E-state index contributed by atoms with van der Waals surface area (Å²) in [5.41, 5.74) is -5.59. The molecule has 0 radical (unpaired) electrons. The lowest BCUT2D eigenvalue weighted by atomic mass is 10.1. The Labute approximate surface area is 246 Å². The lowest BCUT2D eigenvalue weighted by Crippen LogP contribution is -2.51. The SMILES string of the molecule is CC(C)(O)C(=O)NCC1CN(S(=O)(=O)c2cccc(S(F)(F)(F)(F)F)c2)c2cc(NC(=O)OC(C)(C)C(F)(F)F)ccc2O1. The van der Waals surface area contributed by atoms with E-state index in [1.54, 1.807) is 0 Å². The molecule has 2 aromatic carbocycles. The molecule has 1 unspecified atom stereocenters. The summed E-state index contributed by atoms with van der Waals surface area (Å²) in [6.07, 6.45) is -7.81. The van der Waals surface area contributed by atoms with E-state index >= 15 is 0 Å². The number of anilines is 2. The Morgan fingerprint density at radius 2 is 1.66 bits per heavy atom. The molecule has 0 saturated heterocycles. The monoisotopic (exact) mass is 685 g/mol. The minimum atomic E-state index is -10.3. The van der Waals surface area contributed by atoms with Crippen molar-refractivity contribution in [1.29, 1.82) is 0 Å². The molecule has 20 heteroatoms. The average molecular weight is 686 g/mol. The van der Waals surface area contributed by atoms with Gasteiger partial charge in [0.05, 0.1) is 23.7 Å². The fraction of sp³-hybridized carbons (Fsp3) is 0.417. The second-order valence-corrected chi connectivity index (χ2v) is 15.0. The Morgan fingerprint density at radius 3 is 2.20 bits per heavy atom. The minimum absolute atomic E-state index is 0.00110. The van der Waals surface area contributed by atoms with Gasteiger partial charge in [0, 0.05) is 5.69 Å². The molecule has 248 valence electrons. The molecular weight excluding hydrogens is 658 g/mol. The van der Waals surface area contributed by atoms with Crippen LogP contribution in [0.15, 0.2) is 52.3 Å². The maximum absolute atomic E-state index is 13.6. The summed E-state index contributed by atoms with van der Waals surface area (Å²) in [6, 6.07) is 3.83. The van der Waals surface area contributed by atoms with Crippen LogP contribution in [0.5, 0.6) is 5.75 Å². The predicted molar refractivity (Wildman–Crippen MR) is 143 cm³/mol. The highest BCUT2D eigenvalue weighted by Gasteiger charge is 2.65. The van der Waals surface area contributed by atoms with Crippen LogP contribution in [0.3, 0.4) is 0 Å². The number of aliphatic hydroxyl groups is 1. The van der Waals surface area contributed by atoms with Gasteiger partial charge in [-0.2, -0.15) is 13.2 Å². The molecule has 0 spiro atoms. The summed E-state index contributed by atoms with van der Waals surface area (Å²) in [5, 5.41) is 14.1. The summed E-state index contributed by atoms with van der Waals surface area (Å²) in [7, 11) is -15.4. The summed E-state index contributed by atoms with van der Waals surface area (Å²) in [4.78, 5) is 20.6. The van der Waals surface area contributed by atoms with Crippen molar-refractivity contribution in [2.24, 2.45) is 0 Å². The molecule has 0 fully saturated rings. The molecule has 1 aliphatic heterocycles. The predicted octanol–water partition coefficient (Wildman–Crippen LogP) is 6.08. The topological polar surface area (TPSA) is 134 Å². The number of rotatable bonds is 8. The smallest absolute Gasteiger partial charge is 0.427 e. The van der Waals surface area contributed by atoms with Gasteiger partial charge in [0.15, 0.2) is 0 Å². The van der Waals surface area contributed by atoms with E-state index in [9.17, 15) is 55.7 Å². The van der Waals surface area contributed by atoms with E-state index in [1.165, 1.54) is 0 Å². The number of ether oxygens (including phenoxy) is 2. The quantitative estimate of drug-likeness (QED) is 0.287. The third kappa shape index (κ3) is 7.95. The molecule has 0 aromatic heterocycles. The number of hydrogen-bond acceptors (Lipinski definition) is 7. The molecule has 1 heterocycles. The van der Waals surface area contributed by atoms with Gasteiger partial charge in [0.2, 0.25) is 5.60 Å². The van der Waals surface area contributed by atoms with Crippen molar-refractivity contribution in [3.8, 4) is 5.75 Å². The Morgan fingerprint density at radius 1 is 1.05 bits per heavy atom. The third-order valence-electron chi connectivity index (χ3n) is 6.05. The van der Waals surface area contributed by atoms with Crippen molar-refractivity contribution >= 4 is 43.6 Å². The van der Waals surface area contributed by atoms with Gasteiger partial charge in [-0.1, -0.05) is 25.5 Å². The molecule has 0 aliphatic carbocycles. The number of nitrogens with zero attached hydrogens (tertiary/aromatic N) is 1. The molecular formula is C24H27F8N3O7S2. The number of benzene rings is 2. The normalized spacial score (nSPS) is 17.8. The van der Waals surface area contributed by atoms with Crippen LogP contribution in [0.4, 0.5) is 48.8 Å². The molecule has 44 heavy (non-hydrogen) atoms. The van der Waals surface area contributed by atoms with Gasteiger partial charge in [-0.3, -0.25) is 14.4 Å². The van der Waals surface area contributed by atoms with E-state index in [-0.39, 0.29) is 23.6 Å². The second-order valence-electron chi connectivity index (χ2n) is 10.7. The van der Waals surface area contributed by atoms with Crippen LogP contribution in [0.2, 0.25) is 0 Å². The Balaban J connectivity index is 2.05. The van der Waals surface area contributed by atoms with Crippen LogP contribution in [-0.2, 0) is 19.6 Å². The van der Waals surface area contributed by atoms with E-state index in [1.807, 2.05) is 5.32 Å². The molecule has 0 saturated carbocycles. The molecule has 2 amide bonds. The van der Waals surface area contributed by atoms with Crippen LogP contribution >= 0.6 is 10.2 Å². The molecule has 1 aliphatic rings.